The van der Waals surface area contributed by atoms with Gasteiger partial charge in [-0.05, 0) is 128 Å². The summed E-state index contributed by atoms with van der Waals surface area (Å²) in [5.74, 6) is 1.35. The van der Waals surface area contributed by atoms with Crippen LogP contribution in [-0.4, -0.2) is 22.4 Å². The zero-order chi connectivity index (χ0) is 29.3. The number of carboxylic acid groups (broad SMARTS) is 1. The average molecular weight is 546 g/mol. The Kier molecular flexibility index (Phi) is 7.09. The van der Waals surface area contributed by atoms with Gasteiger partial charge in [0.15, 0.2) is 5.78 Å². The summed E-state index contributed by atoms with van der Waals surface area (Å²) >= 11 is 0. The first-order chi connectivity index (χ1) is 18.7. The fraction of sp³-hybridized carbons (Fsp3) is 0.667. The normalized spacial score (nSPS) is 43.1. The first-order valence-corrected chi connectivity index (χ1v) is 15.7. The van der Waals surface area contributed by atoms with Gasteiger partial charge in [0.05, 0.1) is 5.56 Å². The molecular weight excluding hydrogens is 494 g/mol. The van der Waals surface area contributed by atoms with Crippen LogP contribution in [-0.2, 0) is 4.79 Å². The number of aromatic carboxylic acids is 1. The summed E-state index contributed by atoms with van der Waals surface area (Å²) < 4.78 is 0. The van der Waals surface area contributed by atoms with E-state index in [-0.39, 0.29) is 44.5 Å². The quantitative estimate of drug-likeness (QED) is 0.366. The Morgan fingerprint density at radius 2 is 1.55 bits per heavy atom. The van der Waals surface area contributed by atoms with Gasteiger partial charge in [-0.25, -0.2) is 4.79 Å². The van der Waals surface area contributed by atoms with Crippen LogP contribution in [0.15, 0.2) is 43.0 Å². The summed E-state index contributed by atoms with van der Waals surface area (Å²) in [5, 5.41) is 9.35. The van der Waals surface area contributed by atoms with Crippen molar-refractivity contribution in [1.29, 1.82) is 0 Å². The van der Waals surface area contributed by atoms with Crippen LogP contribution >= 0.6 is 0 Å². The summed E-state index contributed by atoms with van der Waals surface area (Å²) in [6, 6.07) is 7.09. The van der Waals surface area contributed by atoms with E-state index in [2.05, 4.69) is 41.2 Å². The third-order valence-corrected chi connectivity index (χ3v) is 13.4. The first kappa shape index (κ1) is 29.3. The van der Waals surface area contributed by atoms with Gasteiger partial charge in [0.25, 0.3) is 0 Å². The number of carboxylic acids is 1. The molecule has 0 heterocycles. The molecule has 6 rings (SSSR count). The van der Waals surface area contributed by atoms with Crippen LogP contribution in [0.2, 0.25) is 0 Å². The second-order valence-corrected chi connectivity index (χ2v) is 15.1. The minimum Gasteiger partial charge on any atom is -0.478 e. The fourth-order valence-electron chi connectivity index (χ4n) is 11.2. The molecular formula is C36H51NO3. The fourth-order valence-corrected chi connectivity index (χ4v) is 11.2. The van der Waals surface area contributed by atoms with Gasteiger partial charge >= 0.3 is 5.97 Å². The van der Waals surface area contributed by atoms with Crippen LogP contribution in [0.25, 0.3) is 5.57 Å². The number of carbonyl (C=O) groups is 2. The lowest BCUT2D eigenvalue weighted by atomic mass is 9.33. The Bertz CT molecular complexity index is 1230. The molecule has 1 aromatic carbocycles. The van der Waals surface area contributed by atoms with E-state index in [0.29, 0.717) is 17.8 Å². The molecule has 0 saturated heterocycles. The maximum Gasteiger partial charge on any atom is 0.335 e. The lowest BCUT2D eigenvalue weighted by Crippen LogP contribution is -2.68. The third-order valence-electron chi connectivity index (χ3n) is 13.4. The molecule has 4 saturated carbocycles. The molecule has 8 atom stereocenters. The number of hydrogen-bond acceptors (Lipinski definition) is 3. The second kappa shape index (κ2) is 9.68. The molecule has 4 fully saturated rings. The van der Waals surface area contributed by atoms with Crippen molar-refractivity contribution in [3.8, 4) is 0 Å². The van der Waals surface area contributed by atoms with Crippen molar-refractivity contribution in [3.63, 3.8) is 0 Å². The highest BCUT2D eigenvalue weighted by Crippen LogP contribution is 2.75. The van der Waals surface area contributed by atoms with Crippen LogP contribution in [0.3, 0.4) is 0 Å². The van der Waals surface area contributed by atoms with Crippen LogP contribution in [0, 0.1) is 45.3 Å². The number of nitrogens with two attached hydrogens (primary N) is 1. The summed E-state index contributed by atoms with van der Waals surface area (Å²) in [6.07, 6.45) is 14.4. The van der Waals surface area contributed by atoms with Crippen molar-refractivity contribution in [2.45, 2.75) is 105 Å². The molecule has 5 aliphatic carbocycles. The lowest BCUT2D eigenvalue weighted by molar-refractivity contribution is -0.212. The molecule has 4 nitrogen and oxygen atoms in total. The second-order valence-electron chi connectivity index (χ2n) is 15.1. The largest absolute Gasteiger partial charge is 0.478 e. The van der Waals surface area contributed by atoms with E-state index < -0.39 is 5.97 Å². The molecule has 218 valence electrons. The highest BCUT2D eigenvalue weighted by atomic mass is 16.4. The van der Waals surface area contributed by atoms with Crippen LogP contribution in [0.4, 0.5) is 0 Å². The zero-order valence-corrected chi connectivity index (χ0v) is 25.7. The maximum atomic E-state index is 14.3. The smallest absolute Gasteiger partial charge is 0.335 e. The molecule has 6 unspecified atom stereocenters. The van der Waals surface area contributed by atoms with Crippen LogP contribution in [0.1, 0.15) is 115 Å². The predicted molar refractivity (Wildman–Crippen MR) is 163 cm³/mol. The summed E-state index contributed by atoms with van der Waals surface area (Å²) in [5.41, 5.74) is 9.24. The van der Waals surface area contributed by atoms with Crippen LogP contribution in [0.5, 0.6) is 0 Å². The average Bonchev–Trinajstić information content (AvgIpc) is 3.29. The standard InChI is InChI=1S/C33H45NO3.C3H6/c1-29(2)24(20-8-10-21(11-9-20)28(36)37)19-27(35)32(5)25(29)14-16-31(4)26(32)13-12-22-23-7-6-15-33(23,34)18-17-30(22,31)3;1-3-2/h8-11,19,22-23,25-26H,6-7,12-18,34H2,1-5H3,(H,36,37);3H,1H2,2H3/t22?,23-,25?,26?,30-,31?,32?,33?;/m1./s1. The third kappa shape index (κ3) is 3.87. The number of allylic oxidation sites excluding steroid dienone is 3. The molecule has 0 radical (unpaired) electrons. The van der Waals surface area contributed by atoms with Crippen molar-refractivity contribution in [3.05, 3.63) is 54.1 Å². The predicted octanol–water partition coefficient (Wildman–Crippen LogP) is 8.32. The lowest BCUT2D eigenvalue weighted by Gasteiger charge is -2.71. The summed E-state index contributed by atoms with van der Waals surface area (Å²) in [4.78, 5) is 25.7. The van der Waals surface area contributed by atoms with E-state index in [4.69, 9.17) is 5.73 Å². The number of ketones is 1. The van der Waals surface area contributed by atoms with E-state index in [1.807, 2.05) is 25.1 Å². The number of rotatable bonds is 2. The van der Waals surface area contributed by atoms with E-state index in [9.17, 15) is 14.7 Å². The molecule has 4 heteroatoms. The molecule has 0 aliphatic heterocycles. The molecule has 5 aliphatic rings. The van der Waals surface area contributed by atoms with Gasteiger partial charge in [-0.15, -0.1) is 6.58 Å². The zero-order valence-electron chi connectivity index (χ0n) is 25.7. The van der Waals surface area contributed by atoms with Gasteiger partial charge in [-0.2, -0.15) is 0 Å². The van der Waals surface area contributed by atoms with Gasteiger partial charge < -0.3 is 10.8 Å². The number of hydrogen-bond donors (Lipinski definition) is 2. The molecule has 40 heavy (non-hydrogen) atoms. The van der Waals surface area contributed by atoms with Crippen molar-refractivity contribution >= 4 is 17.3 Å². The Hall–Kier alpha value is -2.20. The van der Waals surface area contributed by atoms with Gasteiger partial charge in [-0.3, -0.25) is 4.79 Å². The van der Waals surface area contributed by atoms with Crippen molar-refractivity contribution in [2.75, 3.05) is 0 Å². The van der Waals surface area contributed by atoms with Gasteiger partial charge in [0.2, 0.25) is 0 Å². The first-order valence-electron chi connectivity index (χ1n) is 15.7. The van der Waals surface area contributed by atoms with Crippen molar-refractivity contribution in [1.82, 2.24) is 0 Å². The maximum absolute atomic E-state index is 14.3. The highest BCUT2D eigenvalue weighted by molar-refractivity contribution is 6.04. The van der Waals surface area contributed by atoms with Crippen molar-refractivity contribution < 1.29 is 14.7 Å². The van der Waals surface area contributed by atoms with Gasteiger partial charge in [0, 0.05) is 11.0 Å². The minimum absolute atomic E-state index is 0.0466. The molecule has 0 aromatic heterocycles. The number of carbonyl (C=O) groups excluding carboxylic acids is 1. The van der Waals surface area contributed by atoms with Gasteiger partial charge in [0.1, 0.15) is 0 Å². The highest BCUT2D eigenvalue weighted by Gasteiger charge is 2.70. The Labute approximate surface area is 241 Å². The van der Waals surface area contributed by atoms with Crippen molar-refractivity contribution in [2.24, 2.45) is 51.1 Å². The van der Waals surface area contributed by atoms with E-state index in [0.717, 1.165) is 30.4 Å². The minimum atomic E-state index is -0.921. The van der Waals surface area contributed by atoms with Crippen LogP contribution < -0.4 is 5.73 Å². The molecule has 1 aromatic rings. The number of fused-ring (bicyclic) bond motifs is 7. The summed E-state index contributed by atoms with van der Waals surface area (Å²) in [7, 11) is 0. The van der Waals surface area contributed by atoms with E-state index in [1.54, 1.807) is 18.2 Å². The Balaban J connectivity index is 0.00000103. The molecule has 3 N–H and O–H groups in total. The van der Waals surface area contributed by atoms with E-state index >= 15 is 0 Å². The number of benzene rings is 1. The van der Waals surface area contributed by atoms with Gasteiger partial charge in [-0.1, -0.05) is 59.2 Å². The monoisotopic (exact) mass is 545 g/mol. The SMILES string of the molecule is C=CC.CC1(C)C(c2ccc(C(=O)O)cc2)=CC(=O)C2(C)C1CCC1(C)C2CCC2[C@H]3CCCC3(N)CC[C@]21C. The van der Waals surface area contributed by atoms with E-state index in [1.165, 1.54) is 38.5 Å². The summed E-state index contributed by atoms with van der Waals surface area (Å²) in [6.45, 7) is 17.3. The molecule has 0 spiro atoms. The molecule has 0 bridgehead atoms. The Morgan fingerprint density at radius 1 is 0.900 bits per heavy atom. The Morgan fingerprint density at radius 3 is 2.17 bits per heavy atom. The molecule has 0 amide bonds. The topological polar surface area (TPSA) is 80.4 Å².